The Morgan fingerprint density at radius 2 is 1.40 bits per heavy atom. The maximum Gasteiger partial charge on any atom is 0.329 e. The number of thioether (sulfide) groups is 1. The van der Waals surface area contributed by atoms with Crippen LogP contribution in [0.2, 0.25) is 18.1 Å². The number of aromatic amines is 1. The van der Waals surface area contributed by atoms with Crippen LogP contribution in [0.25, 0.3) is 0 Å². The molecule has 12 nitrogen and oxygen atoms in total. The van der Waals surface area contributed by atoms with Crippen LogP contribution in [0.3, 0.4) is 0 Å². The number of benzene rings is 3. The molecule has 1 aliphatic rings. The van der Waals surface area contributed by atoms with Crippen molar-refractivity contribution >= 4 is 28.6 Å². The molecule has 2 heterocycles. The van der Waals surface area contributed by atoms with Gasteiger partial charge in [0.1, 0.15) is 34.7 Å². The summed E-state index contributed by atoms with van der Waals surface area (Å²) in [5.41, 5.74) is 0.475. The Morgan fingerprint density at radius 1 is 0.850 bits per heavy atom. The van der Waals surface area contributed by atoms with Crippen LogP contribution in [0, 0.1) is 11.3 Å². The summed E-state index contributed by atoms with van der Waals surface area (Å²) in [6, 6.07) is 29.5. The van der Waals surface area contributed by atoms with E-state index in [-0.39, 0.29) is 36.8 Å². The Balaban J connectivity index is 1.73. The summed E-state index contributed by atoms with van der Waals surface area (Å²) in [7, 11) is -1.04. The van der Waals surface area contributed by atoms with Gasteiger partial charge in [-0.15, -0.1) is 11.8 Å². The molecule has 1 saturated heterocycles. The van der Waals surface area contributed by atoms with Gasteiger partial charge in [0.15, 0.2) is 8.32 Å². The fraction of sp³-hybridized carbons (Fsp3) is 0.489. The molecule has 15 heteroatoms. The van der Waals surface area contributed by atoms with E-state index in [1.807, 2.05) is 66.7 Å². The number of nitriles is 1. The number of hydrogen-bond acceptors (Lipinski definition) is 11. The van der Waals surface area contributed by atoms with Crippen LogP contribution >= 0.6 is 20.3 Å². The minimum atomic E-state index is -2.57. The van der Waals surface area contributed by atoms with E-state index in [1.54, 1.807) is 18.8 Å². The van der Waals surface area contributed by atoms with Gasteiger partial charge in [0, 0.05) is 24.3 Å². The van der Waals surface area contributed by atoms with Crippen LogP contribution in [-0.4, -0.2) is 79.5 Å². The van der Waals surface area contributed by atoms with Crippen LogP contribution in [0.4, 0.5) is 0 Å². The lowest BCUT2D eigenvalue weighted by Crippen LogP contribution is -2.50. The molecule has 324 valence electrons. The zero-order valence-corrected chi connectivity index (χ0v) is 39.4. The maximum absolute atomic E-state index is 13.7. The second-order valence-electron chi connectivity index (χ2n) is 16.9. The molecule has 3 aromatic carbocycles. The van der Waals surface area contributed by atoms with Gasteiger partial charge in [-0.3, -0.25) is 14.3 Å². The molecule has 1 aromatic heterocycles. The molecule has 1 N–H and O–H groups in total. The minimum absolute atomic E-state index is 0.0372. The normalized spacial score (nSPS) is 19.1. The number of H-pyrrole nitrogens is 1. The second-order valence-corrected chi connectivity index (χ2v) is 24.4. The van der Waals surface area contributed by atoms with E-state index in [1.165, 1.54) is 24.0 Å². The van der Waals surface area contributed by atoms with Crippen LogP contribution < -0.4 is 20.7 Å². The first-order valence-corrected chi connectivity index (χ1v) is 25.3. The van der Waals surface area contributed by atoms with Gasteiger partial charge in [0.2, 0.25) is 0 Å². The first-order valence-electron chi connectivity index (χ1n) is 20.4. The summed E-state index contributed by atoms with van der Waals surface area (Å²) in [5, 5.41) is 8.27. The van der Waals surface area contributed by atoms with E-state index in [2.05, 4.69) is 89.4 Å². The van der Waals surface area contributed by atoms with Crippen LogP contribution in [0.1, 0.15) is 77.0 Å². The maximum atomic E-state index is 13.7. The minimum Gasteiger partial charge on any atom is -0.497 e. The van der Waals surface area contributed by atoms with Gasteiger partial charge in [-0.05, 0) is 86.8 Å². The molecule has 4 aromatic rings. The van der Waals surface area contributed by atoms with Gasteiger partial charge in [-0.25, -0.2) is 9.46 Å². The largest absolute Gasteiger partial charge is 0.497 e. The van der Waals surface area contributed by atoms with Crippen LogP contribution in [0.15, 0.2) is 101 Å². The third kappa shape index (κ3) is 10.6. The highest BCUT2D eigenvalue weighted by Crippen LogP contribution is 2.55. The number of rotatable bonds is 19. The Morgan fingerprint density at radius 3 is 1.88 bits per heavy atom. The lowest BCUT2D eigenvalue weighted by atomic mass is 9.80. The Hall–Kier alpha value is -3.77. The van der Waals surface area contributed by atoms with E-state index in [9.17, 15) is 14.9 Å². The predicted octanol–water partition coefficient (Wildman–Crippen LogP) is 9.23. The number of nitrogens with one attached hydrogen (secondary N) is 1. The van der Waals surface area contributed by atoms with Crippen molar-refractivity contribution in [3.05, 3.63) is 129 Å². The van der Waals surface area contributed by atoms with Crippen molar-refractivity contribution in [3.8, 4) is 17.6 Å². The summed E-state index contributed by atoms with van der Waals surface area (Å²) >= 11 is 1.52. The van der Waals surface area contributed by atoms with Gasteiger partial charge in [0.05, 0.1) is 45.2 Å². The fourth-order valence-corrected chi connectivity index (χ4v) is 11.9. The Kier molecular flexibility index (Phi) is 16.1. The van der Waals surface area contributed by atoms with E-state index >= 15 is 0 Å². The monoisotopic (exact) mass is 876 g/mol. The Bertz CT molecular complexity index is 2080. The summed E-state index contributed by atoms with van der Waals surface area (Å²) in [6.45, 7) is 19.6. The fourth-order valence-electron chi connectivity index (χ4n) is 7.14. The number of nitrogens with zero attached hydrogens (tertiary/aromatic N) is 3. The molecule has 0 bridgehead atoms. The van der Waals surface area contributed by atoms with Gasteiger partial charge in [-0.2, -0.15) is 5.26 Å². The lowest BCUT2D eigenvalue weighted by Gasteiger charge is -2.43. The number of ether oxygens (including phenoxy) is 3. The predicted molar refractivity (Wildman–Crippen MR) is 242 cm³/mol. The van der Waals surface area contributed by atoms with Crippen molar-refractivity contribution in [2.24, 2.45) is 0 Å². The first kappa shape index (κ1) is 47.3. The zero-order valence-electron chi connectivity index (χ0n) is 36.7. The molecule has 0 spiro atoms. The van der Waals surface area contributed by atoms with Crippen LogP contribution in [0.5, 0.6) is 11.5 Å². The SMILES string of the molecule is COc1ccc(C(OC[C@H]2S[C@@H](n3ccc(=O)[nH]c3=O)[C@H](O[Si](C)(C)C(C)(C)C)[C@@H]2OP(OCCC#N)N(C(C)C)C(C)C)(c2ccccc2)c2ccc(OC)cc2)cc1. The van der Waals surface area contributed by atoms with Crippen molar-refractivity contribution in [2.45, 2.75) is 114 Å². The third-order valence-corrected chi connectivity index (χ3v) is 19.3. The quantitative estimate of drug-likeness (QED) is 0.0418. The molecule has 0 aliphatic carbocycles. The summed E-state index contributed by atoms with van der Waals surface area (Å²) < 4.78 is 43.6. The van der Waals surface area contributed by atoms with Gasteiger partial charge < -0.3 is 27.7 Å². The molecule has 1 aliphatic heterocycles. The average molecular weight is 877 g/mol. The summed E-state index contributed by atoms with van der Waals surface area (Å²) in [5.74, 6) is 1.42. The highest BCUT2D eigenvalue weighted by Gasteiger charge is 2.54. The molecule has 60 heavy (non-hydrogen) atoms. The molecule has 1 fully saturated rings. The summed E-state index contributed by atoms with van der Waals surface area (Å²) in [6.07, 6.45) is 0.374. The second kappa shape index (κ2) is 20.4. The zero-order chi connectivity index (χ0) is 43.8. The molecule has 5 atom stereocenters. The molecular formula is C45H61N4O8PSSi. The van der Waals surface area contributed by atoms with Gasteiger partial charge in [0.25, 0.3) is 14.1 Å². The molecule has 1 unspecified atom stereocenters. The standard InChI is InChI=1S/C45H61N4O8PSSi/c1-31(2)49(32(3)4)58(55-29-15-27-46)56-40-38(59-42(48-28-26-39(50)47-43(48)51)41(40)57-60(10,11)44(5,6)7)30-54-45(33-16-13-12-14-17-33,34-18-22-36(52-8)23-19-34)35-20-24-37(53-9)25-21-35/h12-14,16-26,28,31-32,38,40-42H,15,29-30H2,1-11H3,(H,47,50,51)/t38-,40-,41-,42-,58?/m1/s1. The van der Waals surface area contributed by atoms with Crippen molar-refractivity contribution in [1.29, 1.82) is 5.26 Å². The average Bonchev–Trinajstić information content (AvgIpc) is 3.53. The van der Waals surface area contributed by atoms with E-state index in [0.29, 0.717) is 11.5 Å². The molecule has 0 saturated carbocycles. The van der Waals surface area contributed by atoms with E-state index in [4.69, 9.17) is 27.7 Å². The number of methoxy groups -OCH3 is 2. The van der Waals surface area contributed by atoms with Crippen molar-refractivity contribution in [1.82, 2.24) is 14.2 Å². The molecular weight excluding hydrogens is 816 g/mol. The van der Waals surface area contributed by atoms with Gasteiger partial charge >= 0.3 is 5.69 Å². The van der Waals surface area contributed by atoms with Crippen LogP contribution in [-0.2, 0) is 23.8 Å². The summed E-state index contributed by atoms with van der Waals surface area (Å²) in [4.78, 5) is 28.6. The Labute approximate surface area is 361 Å². The third-order valence-electron chi connectivity index (χ3n) is 11.2. The smallest absolute Gasteiger partial charge is 0.329 e. The molecule has 5 rings (SSSR count). The number of hydrogen-bond donors (Lipinski definition) is 1. The van der Waals surface area contributed by atoms with Crippen molar-refractivity contribution in [3.63, 3.8) is 0 Å². The van der Waals surface area contributed by atoms with Crippen molar-refractivity contribution in [2.75, 3.05) is 27.4 Å². The first-order chi connectivity index (χ1) is 28.5. The van der Waals surface area contributed by atoms with Crippen molar-refractivity contribution < 1.29 is 27.7 Å². The topological polar surface area (TPSA) is 137 Å². The van der Waals surface area contributed by atoms with E-state index in [0.717, 1.165) is 16.7 Å². The van der Waals surface area contributed by atoms with E-state index < -0.39 is 56.5 Å². The highest BCUT2D eigenvalue weighted by atomic mass is 32.2. The van der Waals surface area contributed by atoms with Gasteiger partial charge in [-0.1, -0.05) is 75.4 Å². The lowest BCUT2D eigenvalue weighted by molar-refractivity contribution is -0.0206. The molecule has 0 radical (unpaired) electrons. The number of aromatic nitrogens is 2. The highest BCUT2D eigenvalue weighted by molar-refractivity contribution is 8.00. The molecule has 0 amide bonds.